The molecule has 2 rings (SSSR count). The number of nitrogens with zero attached hydrogens (tertiary/aromatic N) is 2. The first-order valence-corrected chi connectivity index (χ1v) is 6.40. The van der Waals surface area contributed by atoms with E-state index in [0.29, 0.717) is 6.54 Å². The molecule has 0 aliphatic rings. The Balaban J connectivity index is 2.11. The molecule has 1 atom stereocenters. The minimum atomic E-state index is -0.496. The van der Waals surface area contributed by atoms with E-state index in [0.717, 1.165) is 5.69 Å². The monoisotopic (exact) mass is 265 g/mol. The van der Waals surface area contributed by atoms with Crippen LogP contribution in [0.3, 0.4) is 0 Å². The average molecular weight is 265 g/mol. The maximum Gasteiger partial charge on any atom is 0.329 e. The topological polar surface area (TPSA) is 56.1 Å². The molecule has 0 aliphatic carbocycles. The van der Waals surface area contributed by atoms with Crippen LogP contribution in [0, 0.1) is 0 Å². The first-order valence-electron chi connectivity index (χ1n) is 5.52. The quantitative estimate of drug-likeness (QED) is 0.832. The van der Waals surface area contributed by atoms with E-state index in [-0.39, 0.29) is 5.97 Å². The lowest BCUT2D eigenvalue weighted by molar-refractivity contribution is -0.143. The summed E-state index contributed by atoms with van der Waals surface area (Å²) in [5.41, 5.74) is 0.790. The second-order valence-electron chi connectivity index (χ2n) is 3.85. The average Bonchev–Trinajstić information content (AvgIpc) is 3.01. The van der Waals surface area contributed by atoms with Gasteiger partial charge < -0.3 is 9.30 Å². The molecule has 18 heavy (non-hydrogen) atoms. The van der Waals surface area contributed by atoms with E-state index < -0.39 is 6.04 Å². The lowest BCUT2D eigenvalue weighted by atomic mass is 10.2. The maximum atomic E-state index is 11.8. The molecule has 0 spiro atoms. The van der Waals surface area contributed by atoms with E-state index in [9.17, 15) is 4.79 Å². The zero-order chi connectivity index (χ0) is 13.0. The standard InChI is InChI=1S/C12H15N3O2S/c1-15-8-13-7-10(15)11(12(16)17-2)14-6-9-4-3-5-18-9/h3-5,7-8,11,14H,6H2,1-2H3. The van der Waals surface area contributed by atoms with Crippen LogP contribution in [0.25, 0.3) is 0 Å². The van der Waals surface area contributed by atoms with E-state index in [2.05, 4.69) is 10.3 Å². The van der Waals surface area contributed by atoms with Crippen molar-refractivity contribution in [3.05, 3.63) is 40.6 Å². The first kappa shape index (κ1) is 12.8. The second-order valence-corrected chi connectivity index (χ2v) is 4.88. The van der Waals surface area contributed by atoms with Crippen LogP contribution in [0.2, 0.25) is 0 Å². The number of methoxy groups -OCH3 is 1. The molecule has 0 saturated carbocycles. The molecule has 2 heterocycles. The second kappa shape index (κ2) is 5.79. The predicted octanol–water partition coefficient (Wildman–Crippen LogP) is 1.49. The summed E-state index contributed by atoms with van der Waals surface area (Å²) in [4.78, 5) is 17.0. The van der Waals surface area contributed by atoms with Crippen LogP contribution in [0.4, 0.5) is 0 Å². The van der Waals surface area contributed by atoms with E-state index in [1.807, 2.05) is 29.1 Å². The van der Waals surface area contributed by atoms with Gasteiger partial charge in [0.15, 0.2) is 0 Å². The van der Waals surface area contributed by atoms with E-state index in [4.69, 9.17) is 4.74 Å². The van der Waals surface area contributed by atoms with Gasteiger partial charge in [-0.25, -0.2) is 9.78 Å². The fourth-order valence-corrected chi connectivity index (χ4v) is 2.34. The summed E-state index contributed by atoms with van der Waals surface area (Å²) in [5.74, 6) is -0.310. The Kier molecular flexibility index (Phi) is 4.11. The summed E-state index contributed by atoms with van der Waals surface area (Å²) in [5, 5.41) is 5.20. The Morgan fingerprint density at radius 1 is 1.67 bits per heavy atom. The molecule has 2 aromatic rings. The van der Waals surface area contributed by atoms with Crippen molar-refractivity contribution in [2.45, 2.75) is 12.6 Å². The van der Waals surface area contributed by atoms with Crippen LogP contribution in [0.1, 0.15) is 16.6 Å². The third kappa shape index (κ3) is 2.77. The lowest BCUT2D eigenvalue weighted by Gasteiger charge is -2.16. The largest absolute Gasteiger partial charge is 0.468 e. The van der Waals surface area contributed by atoms with Gasteiger partial charge in [-0.15, -0.1) is 11.3 Å². The van der Waals surface area contributed by atoms with Crippen molar-refractivity contribution in [3.8, 4) is 0 Å². The zero-order valence-electron chi connectivity index (χ0n) is 10.3. The normalized spacial score (nSPS) is 12.3. The number of hydrogen-bond acceptors (Lipinski definition) is 5. The molecule has 1 unspecified atom stereocenters. The van der Waals surface area contributed by atoms with Gasteiger partial charge in [0.1, 0.15) is 6.04 Å². The number of ether oxygens (including phenoxy) is 1. The number of esters is 1. The van der Waals surface area contributed by atoms with Crippen LogP contribution < -0.4 is 5.32 Å². The highest BCUT2D eigenvalue weighted by atomic mass is 32.1. The van der Waals surface area contributed by atoms with Crippen molar-refractivity contribution in [3.63, 3.8) is 0 Å². The summed E-state index contributed by atoms with van der Waals surface area (Å²) in [6.07, 6.45) is 3.33. The zero-order valence-corrected chi connectivity index (χ0v) is 11.1. The van der Waals surface area contributed by atoms with Gasteiger partial charge in [-0.3, -0.25) is 5.32 Å². The molecule has 0 bridgehead atoms. The number of carbonyl (C=O) groups is 1. The molecule has 0 aliphatic heterocycles. The summed E-state index contributed by atoms with van der Waals surface area (Å²) in [6, 6.07) is 3.51. The predicted molar refractivity (Wildman–Crippen MR) is 69.1 cm³/mol. The van der Waals surface area contributed by atoms with E-state index >= 15 is 0 Å². The fourth-order valence-electron chi connectivity index (χ4n) is 1.69. The molecule has 96 valence electrons. The van der Waals surface area contributed by atoms with Crippen LogP contribution in [0.15, 0.2) is 30.0 Å². The Bertz CT molecular complexity index is 507. The summed E-state index contributed by atoms with van der Waals surface area (Å²) in [7, 11) is 3.24. The van der Waals surface area contributed by atoms with Gasteiger partial charge in [0.2, 0.25) is 0 Å². The lowest BCUT2D eigenvalue weighted by Crippen LogP contribution is -2.30. The Morgan fingerprint density at radius 3 is 3.06 bits per heavy atom. The molecule has 0 radical (unpaired) electrons. The number of rotatable bonds is 5. The van der Waals surface area contributed by atoms with Crippen molar-refractivity contribution in [2.24, 2.45) is 7.05 Å². The molecule has 0 aromatic carbocycles. The molecular formula is C12H15N3O2S. The van der Waals surface area contributed by atoms with Gasteiger partial charge in [0.05, 0.1) is 25.3 Å². The van der Waals surface area contributed by atoms with Crippen molar-refractivity contribution < 1.29 is 9.53 Å². The minimum Gasteiger partial charge on any atom is -0.468 e. The molecule has 5 nitrogen and oxygen atoms in total. The number of carbonyl (C=O) groups excluding carboxylic acids is 1. The van der Waals surface area contributed by atoms with Crippen LogP contribution in [0.5, 0.6) is 0 Å². The van der Waals surface area contributed by atoms with Crippen molar-refractivity contribution in [1.82, 2.24) is 14.9 Å². The molecule has 0 saturated heterocycles. The summed E-state index contributed by atoms with van der Waals surface area (Å²) < 4.78 is 6.63. The van der Waals surface area contributed by atoms with Gasteiger partial charge in [-0.05, 0) is 11.4 Å². The summed E-state index contributed by atoms with van der Waals surface area (Å²) in [6.45, 7) is 0.628. The Labute approximate surface area is 109 Å². The van der Waals surface area contributed by atoms with Crippen molar-refractivity contribution in [1.29, 1.82) is 0 Å². The number of aromatic nitrogens is 2. The summed E-state index contributed by atoms with van der Waals surface area (Å²) >= 11 is 1.65. The van der Waals surface area contributed by atoms with Gasteiger partial charge in [-0.1, -0.05) is 6.07 Å². The molecule has 6 heteroatoms. The first-order chi connectivity index (χ1) is 8.72. The number of imidazole rings is 1. The number of nitrogens with one attached hydrogen (secondary N) is 1. The van der Waals surface area contributed by atoms with Gasteiger partial charge in [0, 0.05) is 18.5 Å². The number of aryl methyl sites for hydroxylation is 1. The van der Waals surface area contributed by atoms with E-state index in [1.165, 1.54) is 12.0 Å². The highest BCUT2D eigenvalue weighted by Gasteiger charge is 2.23. The number of thiophene rings is 1. The number of hydrogen-bond donors (Lipinski definition) is 1. The van der Waals surface area contributed by atoms with Crippen LogP contribution in [-0.4, -0.2) is 22.6 Å². The van der Waals surface area contributed by atoms with Gasteiger partial charge >= 0.3 is 5.97 Å². The SMILES string of the molecule is COC(=O)C(NCc1cccs1)c1cncn1C. The molecule has 0 fully saturated rings. The van der Waals surface area contributed by atoms with Gasteiger partial charge in [-0.2, -0.15) is 0 Å². The van der Waals surface area contributed by atoms with Gasteiger partial charge in [0.25, 0.3) is 0 Å². The maximum absolute atomic E-state index is 11.8. The molecule has 0 amide bonds. The fraction of sp³-hybridized carbons (Fsp3) is 0.333. The third-order valence-corrected chi connectivity index (χ3v) is 3.52. The molecule has 1 N–H and O–H groups in total. The van der Waals surface area contributed by atoms with Crippen LogP contribution in [-0.2, 0) is 23.1 Å². The Hall–Kier alpha value is -1.66. The molecule has 2 aromatic heterocycles. The van der Waals surface area contributed by atoms with Crippen molar-refractivity contribution in [2.75, 3.05) is 7.11 Å². The third-order valence-electron chi connectivity index (χ3n) is 2.65. The highest BCUT2D eigenvalue weighted by molar-refractivity contribution is 7.09. The van der Waals surface area contributed by atoms with Crippen LogP contribution >= 0.6 is 11.3 Å². The Morgan fingerprint density at radius 2 is 2.50 bits per heavy atom. The highest BCUT2D eigenvalue weighted by Crippen LogP contribution is 2.15. The smallest absolute Gasteiger partial charge is 0.329 e. The molecular weight excluding hydrogens is 250 g/mol. The minimum absolute atomic E-state index is 0.310. The van der Waals surface area contributed by atoms with E-state index in [1.54, 1.807) is 23.9 Å². The van der Waals surface area contributed by atoms with Crippen molar-refractivity contribution >= 4 is 17.3 Å².